The number of rotatable bonds is 3. The van der Waals surface area contributed by atoms with Crippen LogP contribution in [0.3, 0.4) is 0 Å². The Morgan fingerprint density at radius 2 is 1.24 bits per heavy atom. The van der Waals surface area contributed by atoms with Crippen molar-refractivity contribution >= 4 is 28.9 Å². The molecule has 1 aliphatic rings. The molecule has 6 heteroatoms. The molecule has 25 heavy (non-hydrogen) atoms. The van der Waals surface area contributed by atoms with Gasteiger partial charge in [-0.25, -0.2) is 0 Å². The predicted molar refractivity (Wildman–Crippen MR) is 97.9 cm³/mol. The molecule has 0 unspecified atom stereocenters. The second-order valence-electron chi connectivity index (χ2n) is 6.05. The van der Waals surface area contributed by atoms with E-state index in [0.29, 0.717) is 11.4 Å². The highest BCUT2D eigenvalue weighted by Gasteiger charge is 2.15. The smallest absolute Gasteiger partial charge is 0.314 e. The number of carbonyl (C=O) groups is 2. The second kappa shape index (κ2) is 7.70. The van der Waals surface area contributed by atoms with Crippen molar-refractivity contribution in [3.63, 3.8) is 0 Å². The van der Waals surface area contributed by atoms with E-state index in [1.165, 1.54) is 43.5 Å². The third kappa shape index (κ3) is 4.50. The Hall–Kier alpha value is -3.02. The number of hydrogen-bond acceptors (Lipinski definition) is 4. The minimum Gasteiger partial charge on any atom is -0.508 e. The Bertz CT molecular complexity index is 736. The number of phenols is 1. The van der Waals surface area contributed by atoms with Gasteiger partial charge in [0.15, 0.2) is 0 Å². The van der Waals surface area contributed by atoms with E-state index in [1.807, 2.05) is 12.1 Å². The van der Waals surface area contributed by atoms with Gasteiger partial charge in [-0.2, -0.15) is 0 Å². The molecular formula is C19H21N3O3. The van der Waals surface area contributed by atoms with Gasteiger partial charge in [-0.05, 0) is 67.8 Å². The zero-order chi connectivity index (χ0) is 17.6. The molecule has 3 rings (SSSR count). The average Bonchev–Trinajstić information content (AvgIpc) is 2.65. The maximum Gasteiger partial charge on any atom is 0.314 e. The molecule has 0 atom stereocenters. The van der Waals surface area contributed by atoms with Gasteiger partial charge in [-0.15, -0.1) is 0 Å². The molecule has 2 aromatic rings. The Kier molecular flexibility index (Phi) is 5.18. The number of anilines is 3. The number of phenolic OH excluding ortho intramolecular Hbond substituents is 1. The summed E-state index contributed by atoms with van der Waals surface area (Å²) in [5, 5.41) is 14.3. The minimum absolute atomic E-state index is 0.0937. The molecule has 3 N–H and O–H groups in total. The van der Waals surface area contributed by atoms with Crippen molar-refractivity contribution in [2.45, 2.75) is 19.3 Å². The fourth-order valence-electron chi connectivity index (χ4n) is 2.83. The van der Waals surface area contributed by atoms with Crippen LogP contribution in [0, 0.1) is 0 Å². The summed E-state index contributed by atoms with van der Waals surface area (Å²) < 4.78 is 0. The van der Waals surface area contributed by atoms with Crippen LogP contribution in [0.5, 0.6) is 5.75 Å². The van der Waals surface area contributed by atoms with Gasteiger partial charge in [0.05, 0.1) is 0 Å². The number of nitrogens with one attached hydrogen (secondary N) is 2. The van der Waals surface area contributed by atoms with E-state index in [-0.39, 0.29) is 5.75 Å². The number of amides is 2. The highest BCUT2D eigenvalue weighted by molar-refractivity contribution is 6.43. The van der Waals surface area contributed by atoms with Crippen molar-refractivity contribution in [1.82, 2.24) is 0 Å². The number of hydrogen-bond donors (Lipinski definition) is 3. The molecule has 1 fully saturated rings. The summed E-state index contributed by atoms with van der Waals surface area (Å²) in [7, 11) is 0. The maximum absolute atomic E-state index is 12.0. The Morgan fingerprint density at radius 3 is 1.76 bits per heavy atom. The number of benzene rings is 2. The molecule has 1 saturated heterocycles. The normalized spacial score (nSPS) is 14.0. The minimum atomic E-state index is -0.759. The van der Waals surface area contributed by atoms with E-state index in [2.05, 4.69) is 15.5 Å². The first-order valence-corrected chi connectivity index (χ1v) is 8.38. The predicted octanol–water partition coefficient (Wildman–Crippen LogP) is 2.96. The summed E-state index contributed by atoms with van der Waals surface area (Å²) in [6.45, 7) is 2.11. The van der Waals surface area contributed by atoms with Gasteiger partial charge in [0, 0.05) is 30.2 Å². The fraction of sp³-hybridized carbons (Fsp3) is 0.263. The highest BCUT2D eigenvalue weighted by atomic mass is 16.3. The van der Waals surface area contributed by atoms with Gasteiger partial charge in [0.2, 0.25) is 0 Å². The van der Waals surface area contributed by atoms with Crippen LogP contribution in [-0.4, -0.2) is 30.0 Å². The summed E-state index contributed by atoms with van der Waals surface area (Å²) in [6.07, 6.45) is 3.69. The maximum atomic E-state index is 12.0. The van der Waals surface area contributed by atoms with Crippen LogP contribution >= 0.6 is 0 Å². The van der Waals surface area contributed by atoms with Gasteiger partial charge in [-0.1, -0.05) is 0 Å². The lowest BCUT2D eigenvalue weighted by Crippen LogP contribution is -2.30. The standard InChI is InChI=1S/C19H21N3O3/c23-17-10-6-15(7-11-17)21-19(25)18(24)20-14-4-8-16(9-5-14)22-12-2-1-3-13-22/h4-11,23H,1-3,12-13H2,(H,20,24)(H,21,25). The van der Waals surface area contributed by atoms with E-state index < -0.39 is 11.8 Å². The molecule has 0 aromatic heterocycles. The molecule has 0 radical (unpaired) electrons. The molecule has 0 spiro atoms. The Morgan fingerprint density at radius 1 is 0.760 bits per heavy atom. The van der Waals surface area contributed by atoms with E-state index >= 15 is 0 Å². The molecule has 2 aromatic carbocycles. The largest absolute Gasteiger partial charge is 0.508 e. The van der Waals surface area contributed by atoms with E-state index in [9.17, 15) is 14.7 Å². The van der Waals surface area contributed by atoms with Crippen LogP contribution in [0.2, 0.25) is 0 Å². The topological polar surface area (TPSA) is 81.7 Å². The first kappa shape index (κ1) is 16.8. The van der Waals surface area contributed by atoms with Gasteiger partial charge < -0.3 is 20.6 Å². The van der Waals surface area contributed by atoms with Crippen molar-refractivity contribution < 1.29 is 14.7 Å². The van der Waals surface area contributed by atoms with E-state index in [4.69, 9.17) is 0 Å². The first-order chi connectivity index (χ1) is 12.1. The zero-order valence-electron chi connectivity index (χ0n) is 13.9. The molecule has 130 valence electrons. The van der Waals surface area contributed by atoms with Crippen molar-refractivity contribution in [3.05, 3.63) is 48.5 Å². The lowest BCUT2D eigenvalue weighted by Gasteiger charge is -2.28. The van der Waals surface area contributed by atoms with Gasteiger partial charge in [0.25, 0.3) is 0 Å². The van der Waals surface area contributed by atoms with Crippen LogP contribution in [0.1, 0.15) is 19.3 Å². The molecule has 1 heterocycles. The molecule has 0 saturated carbocycles. The molecule has 0 aliphatic carbocycles. The van der Waals surface area contributed by atoms with Crippen LogP contribution in [0.4, 0.5) is 17.1 Å². The summed E-state index contributed by atoms with van der Waals surface area (Å²) in [5.74, 6) is -1.40. The zero-order valence-corrected chi connectivity index (χ0v) is 13.9. The molecule has 1 aliphatic heterocycles. The van der Waals surface area contributed by atoms with Crippen molar-refractivity contribution in [2.24, 2.45) is 0 Å². The molecule has 2 amide bonds. The van der Waals surface area contributed by atoms with Crippen molar-refractivity contribution in [1.29, 1.82) is 0 Å². The van der Waals surface area contributed by atoms with Gasteiger partial charge in [0.1, 0.15) is 5.75 Å². The SMILES string of the molecule is O=C(Nc1ccc(O)cc1)C(=O)Nc1ccc(N2CCCCC2)cc1. The molecule has 6 nitrogen and oxygen atoms in total. The second-order valence-corrected chi connectivity index (χ2v) is 6.05. The van der Waals surface area contributed by atoms with Crippen molar-refractivity contribution in [3.8, 4) is 5.75 Å². The van der Waals surface area contributed by atoms with Gasteiger partial charge >= 0.3 is 11.8 Å². The Balaban J connectivity index is 1.56. The van der Waals surface area contributed by atoms with Crippen LogP contribution < -0.4 is 15.5 Å². The highest BCUT2D eigenvalue weighted by Crippen LogP contribution is 2.22. The summed E-state index contributed by atoms with van der Waals surface area (Å²) >= 11 is 0. The third-order valence-corrected chi connectivity index (χ3v) is 4.18. The Labute approximate surface area is 146 Å². The van der Waals surface area contributed by atoms with Crippen LogP contribution in [0.15, 0.2) is 48.5 Å². The summed E-state index contributed by atoms with van der Waals surface area (Å²) in [6, 6.07) is 13.4. The molecular weight excluding hydrogens is 318 g/mol. The van der Waals surface area contributed by atoms with Crippen molar-refractivity contribution in [2.75, 3.05) is 28.6 Å². The monoisotopic (exact) mass is 339 g/mol. The summed E-state index contributed by atoms with van der Waals surface area (Å²) in [4.78, 5) is 26.2. The number of carbonyl (C=O) groups excluding carboxylic acids is 2. The van der Waals surface area contributed by atoms with Crippen LogP contribution in [-0.2, 0) is 9.59 Å². The molecule has 0 bridgehead atoms. The third-order valence-electron chi connectivity index (χ3n) is 4.18. The quantitative estimate of drug-likeness (QED) is 0.593. The van der Waals surface area contributed by atoms with Gasteiger partial charge in [-0.3, -0.25) is 9.59 Å². The van der Waals surface area contributed by atoms with Crippen LogP contribution in [0.25, 0.3) is 0 Å². The first-order valence-electron chi connectivity index (χ1n) is 8.38. The number of piperidine rings is 1. The van der Waals surface area contributed by atoms with E-state index in [1.54, 1.807) is 12.1 Å². The summed E-state index contributed by atoms with van der Waals surface area (Å²) in [5.41, 5.74) is 2.15. The number of nitrogens with zero attached hydrogens (tertiary/aromatic N) is 1. The average molecular weight is 339 g/mol. The van der Waals surface area contributed by atoms with E-state index in [0.717, 1.165) is 18.8 Å². The lowest BCUT2D eigenvalue weighted by molar-refractivity contribution is -0.132. The fourth-order valence-corrected chi connectivity index (χ4v) is 2.83. The lowest BCUT2D eigenvalue weighted by atomic mass is 10.1. The number of aromatic hydroxyl groups is 1.